The number of carbonyl (C=O) groups excluding carboxylic acids is 1. The number of aromatic hydroxyl groups is 2. The van der Waals surface area contributed by atoms with E-state index in [0.717, 1.165) is 11.8 Å². The molecule has 6 nitrogen and oxygen atoms in total. The predicted molar refractivity (Wildman–Crippen MR) is 59.5 cm³/mol. The highest BCUT2D eigenvalue weighted by molar-refractivity contribution is 5.94. The fourth-order valence-corrected chi connectivity index (χ4v) is 1.39. The summed E-state index contributed by atoms with van der Waals surface area (Å²) in [5.41, 5.74) is 0.963. The number of aromatic amines is 1. The number of rotatable bonds is 3. The number of aromatic nitrogens is 2. The number of benzene rings is 1. The Hall–Kier alpha value is -2.50. The molecule has 0 spiro atoms. The van der Waals surface area contributed by atoms with E-state index in [-0.39, 0.29) is 23.0 Å². The van der Waals surface area contributed by atoms with Gasteiger partial charge in [-0.15, -0.1) is 0 Å². The Morgan fingerprint density at radius 3 is 2.59 bits per heavy atom. The maximum atomic E-state index is 11.7. The third-order valence-corrected chi connectivity index (χ3v) is 2.16. The Kier molecular flexibility index (Phi) is 2.95. The molecule has 0 unspecified atom stereocenters. The average Bonchev–Trinajstić information content (AvgIpc) is 2.77. The van der Waals surface area contributed by atoms with Crippen LogP contribution in [0.2, 0.25) is 0 Å². The monoisotopic (exact) mass is 233 g/mol. The van der Waals surface area contributed by atoms with Crippen molar-refractivity contribution in [2.45, 2.75) is 6.54 Å². The molecule has 0 aliphatic carbocycles. The fraction of sp³-hybridized carbons (Fsp3) is 0.0909. The maximum absolute atomic E-state index is 11.7. The van der Waals surface area contributed by atoms with Crippen molar-refractivity contribution in [2.75, 3.05) is 0 Å². The lowest BCUT2D eigenvalue weighted by molar-refractivity contribution is 0.0949. The average molecular weight is 233 g/mol. The molecule has 0 saturated heterocycles. The summed E-state index contributed by atoms with van der Waals surface area (Å²) in [5, 5.41) is 27.5. The smallest absolute Gasteiger partial charge is 0.251 e. The summed E-state index contributed by atoms with van der Waals surface area (Å²) in [6, 6.07) is 5.45. The molecule has 1 aromatic carbocycles. The molecule has 0 fully saturated rings. The van der Waals surface area contributed by atoms with Crippen LogP contribution in [0, 0.1) is 0 Å². The number of H-pyrrole nitrogens is 1. The first-order chi connectivity index (χ1) is 8.15. The minimum absolute atomic E-state index is 0.156. The van der Waals surface area contributed by atoms with Gasteiger partial charge in [-0.05, 0) is 18.2 Å². The van der Waals surface area contributed by atoms with Gasteiger partial charge in [-0.25, -0.2) is 0 Å². The van der Waals surface area contributed by atoms with E-state index < -0.39 is 0 Å². The Balaban J connectivity index is 2.04. The minimum atomic E-state index is -0.384. The first kappa shape index (κ1) is 11.0. The van der Waals surface area contributed by atoms with Gasteiger partial charge < -0.3 is 15.5 Å². The van der Waals surface area contributed by atoms with E-state index in [1.54, 1.807) is 12.3 Å². The van der Waals surface area contributed by atoms with E-state index in [1.807, 2.05) is 0 Å². The predicted octanol–water partition coefficient (Wildman–Crippen LogP) is 0.751. The van der Waals surface area contributed by atoms with Crippen molar-refractivity contribution in [1.82, 2.24) is 15.5 Å². The molecule has 1 heterocycles. The molecule has 17 heavy (non-hydrogen) atoms. The standard InChI is InChI=1S/C11H11N3O3/c15-9-3-7(4-10(16)5-9)11(17)12-6-8-1-2-13-14-8/h1-5,15-16H,6H2,(H,12,17)(H,13,14). The SMILES string of the molecule is O=C(NCc1ccn[nH]1)c1cc(O)cc(O)c1. The van der Waals surface area contributed by atoms with Crippen LogP contribution in [-0.2, 0) is 6.54 Å². The van der Waals surface area contributed by atoms with Gasteiger partial charge in [-0.3, -0.25) is 9.89 Å². The molecule has 0 atom stereocenters. The van der Waals surface area contributed by atoms with E-state index in [4.69, 9.17) is 0 Å². The topological polar surface area (TPSA) is 98.2 Å². The normalized spacial score (nSPS) is 10.1. The number of carbonyl (C=O) groups is 1. The Morgan fingerprint density at radius 1 is 1.29 bits per heavy atom. The van der Waals surface area contributed by atoms with Crippen molar-refractivity contribution >= 4 is 5.91 Å². The van der Waals surface area contributed by atoms with Gasteiger partial charge in [0, 0.05) is 17.8 Å². The third-order valence-electron chi connectivity index (χ3n) is 2.16. The second-order valence-corrected chi connectivity index (χ2v) is 3.50. The Bertz CT molecular complexity index is 503. The summed E-state index contributed by atoms with van der Waals surface area (Å²) < 4.78 is 0. The summed E-state index contributed by atoms with van der Waals surface area (Å²) in [4.78, 5) is 11.7. The van der Waals surface area contributed by atoms with Crippen LogP contribution in [0.15, 0.2) is 30.5 Å². The summed E-state index contributed by atoms with van der Waals surface area (Å²) >= 11 is 0. The molecule has 0 aliphatic rings. The molecule has 2 aromatic rings. The number of hydrogen-bond acceptors (Lipinski definition) is 4. The number of nitrogens with one attached hydrogen (secondary N) is 2. The molecule has 0 bridgehead atoms. The van der Waals surface area contributed by atoms with Crippen LogP contribution in [-0.4, -0.2) is 26.3 Å². The van der Waals surface area contributed by atoms with Crippen LogP contribution in [0.4, 0.5) is 0 Å². The van der Waals surface area contributed by atoms with E-state index in [2.05, 4.69) is 15.5 Å². The molecule has 0 aliphatic heterocycles. The number of phenols is 2. The first-order valence-corrected chi connectivity index (χ1v) is 4.94. The van der Waals surface area contributed by atoms with Gasteiger partial charge >= 0.3 is 0 Å². The quantitative estimate of drug-likeness (QED) is 0.628. The highest BCUT2D eigenvalue weighted by Crippen LogP contribution is 2.20. The van der Waals surface area contributed by atoms with Gasteiger partial charge in [0.25, 0.3) is 5.91 Å². The molecule has 1 amide bonds. The lowest BCUT2D eigenvalue weighted by Crippen LogP contribution is -2.22. The maximum Gasteiger partial charge on any atom is 0.251 e. The molecular weight excluding hydrogens is 222 g/mol. The lowest BCUT2D eigenvalue weighted by atomic mass is 10.2. The molecule has 0 radical (unpaired) electrons. The Morgan fingerprint density at radius 2 is 2.00 bits per heavy atom. The van der Waals surface area contributed by atoms with Crippen molar-refractivity contribution in [3.05, 3.63) is 41.7 Å². The first-order valence-electron chi connectivity index (χ1n) is 4.94. The summed E-state index contributed by atoms with van der Waals surface area (Å²) in [6.07, 6.45) is 1.58. The number of hydrogen-bond donors (Lipinski definition) is 4. The fourth-order valence-electron chi connectivity index (χ4n) is 1.39. The van der Waals surface area contributed by atoms with Gasteiger partial charge in [0.2, 0.25) is 0 Å². The van der Waals surface area contributed by atoms with Crippen LogP contribution in [0.25, 0.3) is 0 Å². The van der Waals surface area contributed by atoms with Gasteiger partial charge in [0.05, 0.1) is 12.2 Å². The van der Waals surface area contributed by atoms with Gasteiger partial charge in [0.1, 0.15) is 11.5 Å². The molecule has 2 rings (SSSR count). The van der Waals surface area contributed by atoms with Crippen LogP contribution < -0.4 is 5.32 Å². The van der Waals surface area contributed by atoms with Crippen LogP contribution >= 0.6 is 0 Å². The van der Waals surface area contributed by atoms with Crippen LogP contribution in [0.3, 0.4) is 0 Å². The van der Waals surface area contributed by atoms with E-state index in [0.29, 0.717) is 6.54 Å². The highest BCUT2D eigenvalue weighted by Gasteiger charge is 2.08. The zero-order chi connectivity index (χ0) is 12.3. The summed E-state index contributed by atoms with van der Waals surface area (Å²) in [7, 11) is 0. The zero-order valence-corrected chi connectivity index (χ0v) is 8.84. The second kappa shape index (κ2) is 4.56. The lowest BCUT2D eigenvalue weighted by Gasteiger charge is -2.04. The van der Waals surface area contributed by atoms with Crippen molar-refractivity contribution in [3.8, 4) is 11.5 Å². The minimum Gasteiger partial charge on any atom is -0.508 e. The van der Waals surface area contributed by atoms with Crippen molar-refractivity contribution in [3.63, 3.8) is 0 Å². The van der Waals surface area contributed by atoms with E-state index >= 15 is 0 Å². The number of nitrogens with zero attached hydrogens (tertiary/aromatic N) is 1. The second-order valence-electron chi connectivity index (χ2n) is 3.50. The van der Waals surface area contributed by atoms with Crippen LogP contribution in [0.1, 0.15) is 16.1 Å². The van der Waals surface area contributed by atoms with Gasteiger partial charge in [-0.1, -0.05) is 0 Å². The molecule has 88 valence electrons. The zero-order valence-electron chi connectivity index (χ0n) is 8.84. The van der Waals surface area contributed by atoms with Gasteiger partial charge in [0.15, 0.2) is 0 Å². The van der Waals surface area contributed by atoms with Crippen molar-refractivity contribution < 1.29 is 15.0 Å². The van der Waals surface area contributed by atoms with Crippen molar-refractivity contribution in [1.29, 1.82) is 0 Å². The number of amides is 1. The molecule has 1 aromatic heterocycles. The molecular formula is C11H11N3O3. The summed E-state index contributed by atoms with van der Waals surface area (Å²) in [5.74, 6) is -0.695. The van der Waals surface area contributed by atoms with Crippen molar-refractivity contribution in [2.24, 2.45) is 0 Å². The number of phenolic OH excluding ortho intramolecular Hbond substituents is 2. The summed E-state index contributed by atoms with van der Waals surface area (Å²) in [6.45, 7) is 0.301. The Labute approximate surface area is 96.9 Å². The molecule has 0 saturated carbocycles. The third kappa shape index (κ3) is 2.75. The molecule has 4 N–H and O–H groups in total. The van der Waals surface area contributed by atoms with E-state index in [9.17, 15) is 15.0 Å². The van der Waals surface area contributed by atoms with Crippen LogP contribution in [0.5, 0.6) is 11.5 Å². The largest absolute Gasteiger partial charge is 0.508 e. The van der Waals surface area contributed by atoms with E-state index in [1.165, 1.54) is 12.1 Å². The van der Waals surface area contributed by atoms with Gasteiger partial charge in [-0.2, -0.15) is 5.10 Å². The molecule has 6 heteroatoms. The highest BCUT2D eigenvalue weighted by atomic mass is 16.3.